The summed E-state index contributed by atoms with van der Waals surface area (Å²) in [6, 6.07) is 0. The molecule has 104 valence electrons. The molecule has 0 saturated heterocycles. The largest absolute Gasteiger partial charge is 0.349 e. The lowest BCUT2D eigenvalue weighted by Gasteiger charge is -2.11. The lowest BCUT2D eigenvalue weighted by Crippen LogP contribution is -2.23. The maximum atomic E-state index is 11.7. The first kappa shape index (κ1) is 13.8. The molecule has 2 aromatic heterocycles. The van der Waals surface area contributed by atoms with Crippen molar-refractivity contribution in [3.8, 4) is 0 Å². The van der Waals surface area contributed by atoms with Crippen LogP contribution in [0.15, 0.2) is 0 Å². The molecule has 1 amide bonds. The summed E-state index contributed by atoms with van der Waals surface area (Å²) < 4.78 is 4.51. The summed E-state index contributed by atoms with van der Waals surface area (Å²) in [4.78, 5) is 16.5. The number of aromatic nitrogens is 4. The highest BCUT2D eigenvalue weighted by atomic mass is 32.1. The molecule has 0 fully saturated rings. The number of nitrogens with zero attached hydrogens (tertiary/aromatic N) is 4. The van der Waals surface area contributed by atoms with Crippen molar-refractivity contribution in [2.45, 2.75) is 33.4 Å². The van der Waals surface area contributed by atoms with Gasteiger partial charge in [0.25, 0.3) is 0 Å². The molecule has 0 spiro atoms. The number of fused-ring (bicyclic) bond motifs is 1. The van der Waals surface area contributed by atoms with Crippen LogP contribution in [-0.4, -0.2) is 44.2 Å². The molecule has 0 saturated carbocycles. The second-order valence-corrected chi connectivity index (χ2v) is 5.11. The van der Waals surface area contributed by atoms with Gasteiger partial charge in [-0.05, 0) is 26.1 Å². The molecule has 0 unspecified atom stereocenters. The molecule has 6 nitrogen and oxygen atoms in total. The number of aromatic amines is 1. The molecule has 0 aliphatic rings. The van der Waals surface area contributed by atoms with Gasteiger partial charge in [-0.1, -0.05) is 0 Å². The third-order valence-corrected chi connectivity index (χ3v) is 3.50. The van der Waals surface area contributed by atoms with Gasteiger partial charge in [-0.15, -0.1) is 0 Å². The first-order valence-electron chi connectivity index (χ1n) is 6.31. The van der Waals surface area contributed by atoms with E-state index in [4.69, 9.17) is 12.2 Å². The van der Waals surface area contributed by atoms with Crippen molar-refractivity contribution in [1.29, 1.82) is 0 Å². The van der Waals surface area contributed by atoms with E-state index < -0.39 is 0 Å². The third kappa shape index (κ3) is 2.42. The van der Waals surface area contributed by atoms with Gasteiger partial charge in [0.15, 0.2) is 10.4 Å². The van der Waals surface area contributed by atoms with Crippen molar-refractivity contribution in [1.82, 2.24) is 24.2 Å². The van der Waals surface area contributed by atoms with Gasteiger partial charge in [0.2, 0.25) is 5.91 Å². The molecule has 0 atom stereocenters. The van der Waals surface area contributed by atoms with Crippen LogP contribution in [0.4, 0.5) is 0 Å². The first-order valence-corrected chi connectivity index (χ1v) is 6.72. The third-order valence-electron chi connectivity index (χ3n) is 3.18. The average Bonchev–Trinajstić information content (AvgIpc) is 2.84. The molecule has 0 radical (unpaired) electrons. The molecule has 7 heteroatoms. The molecule has 2 rings (SSSR count). The van der Waals surface area contributed by atoms with E-state index in [1.165, 1.54) is 0 Å². The predicted octanol–water partition coefficient (Wildman–Crippen LogP) is 1.70. The minimum absolute atomic E-state index is 0.0931. The van der Waals surface area contributed by atoms with Crippen LogP contribution < -0.4 is 0 Å². The highest BCUT2D eigenvalue weighted by Crippen LogP contribution is 2.18. The molecule has 1 N–H and O–H groups in total. The van der Waals surface area contributed by atoms with Crippen LogP contribution in [0.5, 0.6) is 0 Å². The minimum atomic E-state index is 0.0931. The smallest absolute Gasteiger partial charge is 0.223 e. The van der Waals surface area contributed by atoms with Crippen LogP contribution in [-0.2, 0) is 17.9 Å². The van der Waals surface area contributed by atoms with Gasteiger partial charge in [0.1, 0.15) is 5.52 Å². The Labute approximate surface area is 117 Å². The Morgan fingerprint density at radius 3 is 2.74 bits per heavy atom. The summed E-state index contributed by atoms with van der Waals surface area (Å²) in [6.45, 7) is 5.34. The van der Waals surface area contributed by atoms with Crippen LogP contribution in [0, 0.1) is 11.7 Å². The van der Waals surface area contributed by atoms with E-state index in [0.717, 1.165) is 23.4 Å². The van der Waals surface area contributed by atoms with E-state index in [1.807, 2.05) is 23.1 Å². The second-order valence-electron chi connectivity index (χ2n) is 4.72. The van der Waals surface area contributed by atoms with Crippen LogP contribution >= 0.6 is 12.2 Å². The topological polar surface area (TPSA) is 58.9 Å². The lowest BCUT2D eigenvalue weighted by molar-refractivity contribution is -0.128. The number of aryl methyl sites for hydroxylation is 3. The quantitative estimate of drug-likeness (QED) is 0.868. The van der Waals surface area contributed by atoms with Gasteiger partial charge < -0.3 is 14.5 Å². The number of rotatable bonds is 4. The zero-order valence-corrected chi connectivity index (χ0v) is 12.5. The van der Waals surface area contributed by atoms with Gasteiger partial charge in [-0.2, -0.15) is 5.10 Å². The molecule has 2 aromatic rings. The Bertz CT molecular complexity index is 663. The SMILES string of the molecule is CCn1nc(C)c2[nH]c(=S)n(CCC(=O)N(C)C)c21. The maximum absolute atomic E-state index is 11.7. The van der Waals surface area contributed by atoms with Gasteiger partial charge in [0, 0.05) is 33.6 Å². The van der Waals surface area contributed by atoms with Gasteiger partial charge in [-0.3, -0.25) is 4.79 Å². The molecule has 0 aromatic carbocycles. The second kappa shape index (κ2) is 5.16. The van der Waals surface area contributed by atoms with E-state index in [-0.39, 0.29) is 5.91 Å². The Kier molecular flexibility index (Phi) is 3.75. The van der Waals surface area contributed by atoms with Crippen molar-refractivity contribution in [2.24, 2.45) is 0 Å². The van der Waals surface area contributed by atoms with Crippen LogP contribution in [0.1, 0.15) is 19.0 Å². The molecule has 0 aliphatic heterocycles. The van der Waals surface area contributed by atoms with Crippen molar-refractivity contribution < 1.29 is 4.79 Å². The number of hydrogen-bond donors (Lipinski definition) is 1. The number of hydrogen-bond acceptors (Lipinski definition) is 3. The predicted molar refractivity (Wildman–Crippen MR) is 76.6 cm³/mol. The van der Waals surface area contributed by atoms with E-state index in [2.05, 4.69) is 10.1 Å². The van der Waals surface area contributed by atoms with E-state index in [9.17, 15) is 4.79 Å². The van der Waals surface area contributed by atoms with Crippen LogP contribution in [0.25, 0.3) is 11.2 Å². The molecule has 19 heavy (non-hydrogen) atoms. The highest BCUT2D eigenvalue weighted by molar-refractivity contribution is 7.71. The van der Waals surface area contributed by atoms with Gasteiger partial charge in [-0.25, -0.2) is 4.68 Å². The fourth-order valence-corrected chi connectivity index (χ4v) is 2.40. The Morgan fingerprint density at radius 1 is 1.47 bits per heavy atom. The molecular formula is C12H19N5OS. The average molecular weight is 281 g/mol. The van der Waals surface area contributed by atoms with Gasteiger partial charge >= 0.3 is 0 Å². The van der Waals surface area contributed by atoms with Crippen LogP contribution in [0.2, 0.25) is 0 Å². The molecular weight excluding hydrogens is 262 g/mol. The number of H-pyrrole nitrogens is 1. The van der Waals surface area contributed by atoms with E-state index >= 15 is 0 Å². The Morgan fingerprint density at radius 2 is 2.16 bits per heavy atom. The standard InChI is InChI=1S/C12H19N5OS/c1-5-17-11-10(8(2)14-17)13-12(19)16(11)7-6-9(18)15(3)4/h5-7H2,1-4H3,(H,13,19). The number of carbonyl (C=O) groups excluding carboxylic acids is 1. The fourth-order valence-electron chi connectivity index (χ4n) is 2.12. The van der Waals surface area contributed by atoms with E-state index in [0.29, 0.717) is 17.7 Å². The van der Waals surface area contributed by atoms with E-state index in [1.54, 1.807) is 19.0 Å². The Hall–Kier alpha value is -1.63. The number of imidazole rings is 1. The fraction of sp³-hybridized carbons (Fsp3) is 0.583. The van der Waals surface area contributed by atoms with Crippen molar-refractivity contribution >= 4 is 29.3 Å². The number of carbonyl (C=O) groups is 1. The number of amides is 1. The normalized spacial score (nSPS) is 11.2. The first-order chi connectivity index (χ1) is 8.95. The summed E-state index contributed by atoms with van der Waals surface area (Å²) in [5.74, 6) is 0.0931. The summed E-state index contributed by atoms with van der Waals surface area (Å²) in [6.07, 6.45) is 0.433. The summed E-state index contributed by atoms with van der Waals surface area (Å²) in [5, 5.41) is 4.46. The minimum Gasteiger partial charge on any atom is -0.349 e. The number of nitrogens with one attached hydrogen (secondary N) is 1. The highest BCUT2D eigenvalue weighted by Gasteiger charge is 2.14. The van der Waals surface area contributed by atoms with Crippen molar-refractivity contribution in [3.63, 3.8) is 0 Å². The van der Waals surface area contributed by atoms with Crippen molar-refractivity contribution in [3.05, 3.63) is 10.5 Å². The summed E-state index contributed by atoms with van der Waals surface area (Å²) >= 11 is 5.33. The summed E-state index contributed by atoms with van der Waals surface area (Å²) in [7, 11) is 3.52. The zero-order chi connectivity index (χ0) is 14.2. The van der Waals surface area contributed by atoms with Gasteiger partial charge in [0.05, 0.1) is 5.69 Å². The lowest BCUT2D eigenvalue weighted by atomic mass is 10.3. The Balaban J connectivity index is 2.39. The molecule has 0 bridgehead atoms. The molecule has 0 aliphatic carbocycles. The zero-order valence-electron chi connectivity index (χ0n) is 11.7. The maximum Gasteiger partial charge on any atom is 0.223 e. The summed E-state index contributed by atoms with van der Waals surface area (Å²) in [5.41, 5.74) is 2.86. The molecule has 2 heterocycles. The van der Waals surface area contributed by atoms with Crippen LogP contribution in [0.3, 0.4) is 0 Å². The monoisotopic (exact) mass is 281 g/mol. The van der Waals surface area contributed by atoms with Crippen molar-refractivity contribution in [2.75, 3.05) is 14.1 Å².